The van der Waals surface area contributed by atoms with Crippen molar-refractivity contribution >= 4 is 0 Å². The Hall–Kier alpha value is -0.930. The molecule has 78 valence electrons. The number of hydrogen-bond donors (Lipinski definition) is 2. The molecule has 0 saturated heterocycles. The van der Waals surface area contributed by atoms with Crippen LogP contribution in [0.25, 0.3) is 0 Å². The maximum absolute atomic E-state index is 10.3. The van der Waals surface area contributed by atoms with Gasteiger partial charge in [-0.05, 0) is 18.4 Å². The van der Waals surface area contributed by atoms with E-state index in [0.717, 1.165) is 11.1 Å². The molecule has 3 heteroatoms. The summed E-state index contributed by atoms with van der Waals surface area (Å²) in [4.78, 5) is 4.07. The third-order valence-electron chi connectivity index (χ3n) is 2.64. The van der Waals surface area contributed by atoms with Crippen molar-refractivity contribution < 1.29 is 5.11 Å². The molecule has 1 atom stereocenters. The lowest BCUT2D eigenvalue weighted by molar-refractivity contribution is -0.00149. The molecule has 3 nitrogen and oxygen atoms in total. The van der Waals surface area contributed by atoms with Gasteiger partial charge in [0, 0.05) is 24.5 Å². The molecule has 3 N–H and O–H groups in total. The Balaban J connectivity index is 3.12. The lowest BCUT2D eigenvalue weighted by Crippen LogP contribution is -2.40. The molecule has 0 fully saturated rings. The van der Waals surface area contributed by atoms with Gasteiger partial charge in [-0.1, -0.05) is 19.9 Å². The average molecular weight is 194 g/mol. The monoisotopic (exact) mass is 194 g/mol. The smallest absolute Gasteiger partial charge is 0.106 e. The average Bonchev–Trinajstić information content (AvgIpc) is 2.16. The second-order valence-electron chi connectivity index (χ2n) is 4.03. The topological polar surface area (TPSA) is 59.1 Å². The van der Waals surface area contributed by atoms with E-state index in [4.69, 9.17) is 5.73 Å². The number of rotatable bonds is 3. The molecule has 0 aliphatic heterocycles. The zero-order valence-electron chi connectivity index (χ0n) is 8.99. The molecule has 0 bridgehead atoms. The summed E-state index contributed by atoms with van der Waals surface area (Å²) in [6.45, 7) is 6.08. The van der Waals surface area contributed by atoms with Crippen molar-refractivity contribution in [2.24, 2.45) is 11.7 Å². The summed E-state index contributed by atoms with van der Waals surface area (Å²) in [5.41, 5.74) is 6.49. The summed E-state index contributed by atoms with van der Waals surface area (Å²) < 4.78 is 0. The maximum Gasteiger partial charge on any atom is 0.106 e. The Morgan fingerprint density at radius 2 is 2.14 bits per heavy atom. The van der Waals surface area contributed by atoms with E-state index in [2.05, 4.69) is 4.98 Å². The lowest BCUT2D eigenvalue weighted by atomic mass is 9.84. The van der Waals surface area contributed by atoms with E-state index in [-0.39, 0.29) is 12.5 Å². The van der Waals surface area contributed by atoms with Gasteiger partial charge < -0.3 is 10.8 Å². The predicted octanol–water partition coefficient (Wildman–Crippen LogP) is 1.19. The molecule has 0 aliphatic rings. The van der Waals surface area contributed by atoms with Crippen LogP contribution in [-0.2, 0) is 5.60 Å². The second kappa shape index (κ2) is 4.07. The van der Waals surface area contributed by atoms with Gasteiger partial charge in [0.25, 0.3) is 0 Å². The zero-order valence-corrected chi connectivity index (χ0v) is 8.99. The predicted molar refractivity (Wildman–Crippen MR) is 56.8 cm³/mol. The fraction of sp³-hybridized carbons (Fsp3) is 0.545. The van der Waals surface area contributed by atoms with E-state index in [0.29, 0.717) is 0 Å². The third-order valence-corrected chi connectivity index (χ3v) is 2.64. The fourth-order valence-electron chi connectivity index (χ4n) is 1.48. The molecule has 14 heavy (non-hydrogen) atoms. The Morgan fingerprint density at radius 3 is 2.57 bits per heavy atom. The Kier molecular flexibility index (Phi) is 3.24. The number of hydrogen-bond acceptors (Lipinski definition) is 3. The normalized spacial score (nSPS) is 15.6. The van der Waals surface area contributed by atoms with Gasteiger partial charge >= 0.3 is 0 Å². The van der Waals surface area contributed by atoms with Crippen LogP contribution in [0.5, 0.6) is 0 Å². The maximum atomic E-state index is 10.3. The summed E-state index contributed by atoms with van der Waals surface area (Å²) in [6.07, 6.45) is 3.45. The Bertz CT molecular complexity index is 312. The van der Waals surface area contributed by atoms with Gasteiger partial charge in [-0.15, -0.1) is 0 Å². The van der Waals surface area contributed by atoms with Crippen LogP contribution in [0.15, 0.2) is 18.5 Å². The Labute approximate surface area is 85.0 Å². The molecule has 1 unspecified atom stereocenters. The van der Waals surface area contributed by atoms with Gasteiger partial charge in [-0.3, -0.25) is 4.98 Å². The van der Waals surface area contributed by atoms with E-state index < -0.39 is 5.60 Å². The van der Waals surface area contributed by atoms with Crippen molar-refractivity contribution in [1.29, 1.82) is 0 Å². The van der Waals surface area contributed by atoms with Gasteiger partial charge in [0.2, 0.25) is 0 Å². The number of aliphatic hydroxyl groups is 1. The SMILES string of the molecule is Cc1cncc(C(O)(CN)C(C)C)c1. The van der Waals surface area contributed by atoms with E-state index in [9.17, 15) is 5.11 Å². The molecule has 1 aromatic rings. The van der Waals surface area contributed by atoms with Gasteiger partial charge in [-0.25, -0.2) is 0 Å². The van der Waals surface area contributed by atoms with Gasteiger partial charge in [0.15, 0.2) is 0 Å². The highest BCUT2D eigenvalue weighted by Crippen LogP contribution is 2.28. The Morgan fingerprint density at radius 1 is 1.50 bits per heavy atom. The summed E-state index contributed by atoms with van der Waals surface area (Å²) >= 11 is 0. The second-order valence-corrected chi connectivity index (χ2v) is 4.03. The summed E-state index contributed by atoms with van der Waals surface area (Å²) in [6, 6.07) is 1.93. The molecule has 1 rings (SSSR count). The standard InChI is InChI=1S/C11H18N2O/c1-8(2)11(14,7-12)10-4-9(3)5-13-6-10/h4-6,8,14H,7,12H2,1-3H3. The number of nitrogens with two attached hydrogens (primary N) is 1. The minimum absolute atomic E-state index is 0.0797. The zero-order chi connectivity index (χ0) is 10.8. The first kappa shape index (κ1) is 11.1. The largest absolute Gasteiger partial charge is 0.384 e. The minimum atomic E-state index is -0.959. The molecule has 0 saturated carbocycles. The molecule has 0 aromatic carbocycles. The fourth-order valence-corrected chi connectivity index (χ4v) is 1.48. The van der Waals surface area contributed by atoms with Crippen LogP contribution in [-0.4, -0.2) is 16.6 Å². The first-order valence-corrected chi connectivity index (χ1v) is 4.85. The van der Waals surface area contributed by atoms with E-state index in [1.807, 2.05) is 26.8 Å². The number of aryl methyl sites for hydroxylation is 1. The number of pyridine rings is 1. The lowest BCUT2D eigenvalue weighted by Gasteiger charge is -2.31. The van der Waals surface area contributed by atoms with Crippen molar-refractivity contribution in [3.63, 3.8) is 0 Å². The molecule has 0 spiro atoms. The van der Waals surface area contributed by atoms with Crippen molar-refractivity contribution in [3.05, 3.63) is 29.6 Å². The van der Waals surface area contributed by atoms with Crippen molar-refractivity contribution in [1.82, 2.24) is 4.98 Å². The van der Waals surface area contributed by atoms with Crippen molar-refractivity contribution in [3.8, 4) is 0 Å². The van der Waals surface area contributed by atoms with Crippen LogP contribution in [0, 0.1) is 12.8 Å². The van der Waals surface area contributed by atoms with Crippen LogP contribution in [0.1, 0.15) is 25.0 Å². The molecular weight excluding hydrogens is 176 g/mol. The van der Waals surface area contributed by atoms with Crippen LogP contribution in [0.3, 0.4) is 0 Å². The van der Waals surface area contributed by atoms with Gasteiger partial charge in [-0.2, -0.15) is 0 Å². The molecular formula is C11H18N2O. The van der Waals surface area contributed by atoms with Crippen LogP contribution in [0.2, 0.25) is 0 Å². The highest BCUT2D eigenvalue weighted by atomic mass is 16.3. The van der Waals surface area contributed by atoms with Gasteiger partial charge in [0.05, 0.1) is 0 Å². The minimum Gasteiger partial charge on any atom is -0.384 e. The molecule has 0 radical (unpaired) electrons. The van der Waals surface area contributed by atoms with Crippen LogP contribution in [0.4, 0.5) is 0 Å². The first-order valence-electron chi connectivity index (χ1n) is 4.85. The molecule has 1 aromatic heterocycles. The summed E-state index contributed by atoms with van der Waals surface area (Å²) in [7, 11) is 0. The van der Waals surface area contributed by atoms with E-state index >= 15 is 0 Å². The van der Waals surface area contributed by atoms with E-state index in [1.165, 1.54) is 0 Å². The van der Waals surface area contributed by atoms with Crippen LogP contribution >= 0.6 is 0 Å². The molecule has 0 amide bonds. The quantitative estimate of drug-likeness (QED) is 0.760. The summed E-state index contributed by atoms with van der Waals surface area (Å²) in [5.74, 6) is 0.0797. The number of nitrogens with zero attached hydrogens (tertiary/aromatic N) is 1. The van der Waals surface area contributed by atoms with Crippen molar-refractivity contribution in [2.75, 3.05) is 6.54 Å². The van der Waals surface area contributed by atoms with E-state index in [1.54, 1.807) is 12.4 Å². The molecule has 1 heterocycles. The van der Waals surface area contributed by atoms with Crippen LogP contribution < -0.4 is 5.73 Å². The van der Waals surface area contributed by atoms with Gasteiger partial charge in [0.1, 0.15) is 5.60 Å². The first-order chi connectivity index (χ1) is 6.50. The number of aromatic nitrogens is 1. The summed E-state index contributed by atoms with van der Waals surface area (Å²) in [5, 5.41) is 10.3. The third kappa shape index (κ3) is 1.94. The van der Waals surface area contributed by atoms with Crippen molar-refractivity contribution in [2.45, 2.75) is 26.4 Å². The molecule has 0 aliphatic carbocycles. The highest BCUT2D eigenvalue weighted by Gasteiger charge is 2.31. The highest BCUT2D eigenvalue weighted by molar-refractivity contribution is 5.24.